The zero-order chi connectivity index (χ0) is 11.4. The largest absolute Gasteiger partial charge is 0.0654 e. The van der Waals surface area contributed by atoms with Crippen LogP contribution in [0.25, 0.3) is 0 Å². The Hall–Kier alpha value is 0. The zero-order valence-electron chi connectivity index (χ0n) is 11.1. The Bertz CT molecular complexity index is 107. The predicted octanol–water partition coefficient (Wildman–Crippen LogP) is 5.77. The highest BCUT2D eigenvalue weighted by Gasteiger charge is 2.06. The minimum absolute atomic E-state index is 1.02. The maximum Gasteiger partial charge on any atom is -0.0414 e. The number of rotatable bonds is 11. The van der Waals surface area contributed by atoms with E-state index < -0.39 is 0 Å². The molecule has 0 aromatic rings. The molecule has 0 aliphatic carbocycles. The number of unbranched alkanes of at least 4 members (excludes halogenated alkanes) is 5. The zero-order valence-corrected chi connectivity index (χ0v) is 11.1. The van der Waals surface area contributed by atoms with Crippen molar-refractivity contribution in [3.8, 4) is 0 Å². The lowest BCUT2D eigenvalue weighted by Crippen LogP contribution is -2.00. The van der Waals surface area contributed by atoms with Crippen LogP contribution in [0, 0.1) is 12.8 Å². The maximum atomic E-state index is 3.89. The van der Waals surface area contributed by atoms with Crippen molar-refractivity contribution in [3.05, 3.63) is 6.92 Å². The van der Waals surface area contributed by atoms with Crippen LogP contribution in [0.3, 0.4) is 0 Å². The van der Waals surface area contributed by atoms with Crippen LogP contribution in [0.1, 0.15) is 84.5 Å². The minimum atomic E-state index is 1.02. The van der Waals surface area contributed by atoms with Crippen molar-refractivity contribution in [2.45, 2.75) is 84.5 Å². The van der Waals surface area contributed by atoms with Crippen molar-refractivity contribution >= 4 is 0 Å². The molecule has 0 aromatic carbocycles. The van der Waals surface area contributed by atoms with Gasteiger partial charge in [-0.2, -0.15) is 0 Å². The lowest BCUT2D eigenvalue weighted by Gasteiger charge is -2.15. The first-order valence-electron chi connectivity index (χ1n) is 7.14. The molecule has 91 valence electrons. The Morgan fingerprint density at radius 1 is 0.733 bits per heavy atom. The Kier molecular flexibility index (Phi) is 12.1. The molecule has 15 heavy (non-hydrogen) atoms. The van der Waals surface area contributed by atoms with E-state index in [0.717, 1.165) is 12.3 Å². The fourth-order valence-electron chi connectivity index (χ4n) is 2.30. The van der Waals surface area contributed by atoms with E-state index in [1.54, 1.807) is 0 Å². The summed E-state index contributed by atoms with van der Waals surface area (Å²) < 4.78 is 0. The molecule has 1 atom stereocenters. The van der Waals surface area contributed by atoms with Gasteiger partial charge < -0.3 is 0 Å². The van der Waals surface area contributed by atoms with Gasteiger partial charge in [0.15, 0.2) is 0 Å². The van der Waals surface area contributed by atoms with E-state index >= 15 is 0 Å². The summed E-state index contributed by atoms with van der Waals surface area (Å²) in [6, 6.07) is 0. The summed E-state index contributed by atoms with van der Waals surface area (Å²) in [5.41, 5.74) is 0. The van der Waals surface area contributed by atoms with Crippen LogP contribution in [0.15, 0.2) is 0 Å². The second-order valence-electron chi connectivity index (χ2n) is 4.85. The highest BCUT2D eigenvalue weighted by molar-refractivity contribution is 4.59. The second-order valence-corrected chi connectivity index (χ2v) is 4.85. The van der Waals surface area contributed by atoms with Gasteiger partial charge in [0.1, 0.15) is 0 Å². The van der Waals surface area contributed by atoms with E-state index in [1.165, 1.54) is 64.2 Å². The van der Waals surface area contributed by atoms with Crippen LogP contribution in [0.2, 0.25) is 0 Å². The third kappa shape index (κ3) is 10.3. The van der Waals surface area contributed by atoms with Gasteiger partial charge in [0.2, 0.25) is 0 Å². The van der Waals surface area contributed by atoms with Gasteiger partial charge in [-0.15, -0.1) is 0 Å². The first kappa shape index (κ1) is 15.0. The molecular weight excluding hydrogens is 180 g/mol. The Labute approximate surface area is 97.8 Å². The molecule has 0 rings (SSSR count). The molecule has 0 heteroatoms. The van der Waals surface area contributed by atoms with Gasteiger partial charge in [0, 0.05) is 0 Å². The summed E-state index contributed by atoms with van der Waals surface area (Å²) in [6.45, 7) is 8.51. The standard InChI is InChI=1S/C15H31/c1-4-7-9-10-11-14-15(12-6-3)13-8-5-2/h15H,1,4-14H2,2-3H3. The smallest absolute Gasteiger partial charge is 0.0414 e. The summed E-state index contributed by atoms with van der Waals surface area (Å²) in [4.78, 5) is 0. The molecule has 0 amide bonds. The van der Waals surface area contributed by atoms with E-state index in [4.69, 9.17) is 0 Å². The van der Waals surface area contributed by atoms with Crippen LogP contribution in [0.5, 0.6) is 0 Å². The molecular formula is C15H31. The van der Waals surface area contributed by atoms with E-state index in [2.05, 4.69) is 20.8 Å². The maximum absolute atomic E-state index is 3.89. The minimum Gasteiger partial charge on any atom is -0.0654 e. The van der Waals surface area contributed by atoms with Crippen molar-refractivity contribution in [2.75, 3.05) is 0 Å². The summed E-state index contributed by atoms with van der Waals surface area (Å²) in [5.74, 6) is 1.02. The highest BCUT2D eigenvalue weighted by Crippen LogP contribution is 2.21. The molecule has 0 bridgehead atoms. The van der Waals surface area contributed by atoms with Crippen molar-refractivity contribution in [3.63, 3.8) is 0 Å². The Morgan fingerprint density at radius 2 is 1.40 bits per heavy atom. The molecule has 1 radical (unpaired) electrons. The van der Waals surface area contributed by atoms with Crippen LogP contribution in [-0.4, -0.2) is 0 Å². The summed E-state index contributed by atoms with van der Waals surface area (Å²) in [7, 11) is 0. The van der Waals surface area contributed by atoms with Crippen LogP contribution < -0.4 is 0 Å². The Balaban J connectivity index is 3.38. The average Bonchev–Trinajstić information content (AvgIpc) is 2.25. The van der Waals surface area contributed by atoms with Crippen LogP contribution in [-0.2, 0) is 0 Å². The average molecular weight is 211 g/mol. The topological polar surface area (TPSA) is 0 Å². The molecule has 0 fully saturated rings. The number of hydrogen-bond donors (Lipinski definition) is 0. The fourth-order valence-corrected chi connectivity index (χ4v) is 2.30. The van der Waals surface area contributed by atoms with Gasteiger partial charge in [-0.25, -0.2) is 0 Å². The predicted molar refractivity (Wildman–Crippen MR) is 71.0 cm³/mol. The van der Waals surface area contributed by atoms with Gasteiger partial charge in [0.05, 0.1) is 0 Å². The fraction of sp³-hybridized carbons (Fsp3) is 0.933. The molecule has 0 N–H and O–H groups in total. The van der Waals surface area contributed by atoms with Gasteiger partial charge in [-0.1, -0.05) is 91.4 Å². The van der Waals surface area contributed by atoms with Crippen molar-refractivity contribution < 1.29 is 0 Å². The van der Waals surface area contributed by atoms with Crippen molar-refractivity contribution in [1.82, 2.24) is 0 Å². The molecule has 0 saturated carbocycles. The molecule has 0 aliphatic rings. The van der Waals surface area contributed by atoms with E-state index in [-0.39, 0.29) is 0 Å². The first-order chi connectivity index (χ1) is 7.35. The molecule has 0 saturated heterocycles. The molecule has 0 aliphatic heterocycles. The quantitative estimate of drug-likeness (QED) is 0.381. The van der Waals surface area contributed by atoms with Gasteiger partial charge in [0.25, 0.3) is 0 Å². The van der Waals surface area contributed by atoms with Gasteiger partial charge in [-0.05, 0) is 5.92 Å². The molecule has 1 unspecified atom stereocenters. The summed E-state index contributed by atoms with van der Waals surface area (Å²) >= 11 is 0. The summed E-state index contributed by atoms with van der Waals surface area (Å²) in [6.07, 6.45) is 15.3. The van der Waals surface area contributed by atoms with Gasteiger partial charge in [-0.3, -0.25) is 0 Å². The monoisotopic (exact) mass is 211 g/mol. The number of hydrogen-bond acceptors (Lipinski definition) is 0. The van der Waals surface area contributed by atoms with Gasteiger partial charge >= 0.3 is 0 Å². The highest BCUT2D eigenvalue weighted by atomic mass is 14.1. The van der Waals surface area contributed by atoms with Crippen molar-refractivity contribution in [2.24, 2.45) is 5.92 Å². The lowest BCUT2D eigenvalue weighted by molar-refractivity contribution is 0.384. The molecule has 0 spiro atoms. The van der Waals surface area contributed by atoms with E-state index in [1.807, 2.05) is 0 Å². The summed E-state index contributed by atoms with van der Waals surface area (Å²) in [5, 5.41) is 0. The van der Waals surface area contributed by atoms with Crippen LogP contribution in [0.4, 0.5) is 0 Å². The Morgan fingerprint density at radius 3 is 2.00 bits per heavy atom. The molecule has 0 heterocycles. The lowest BCUT2D eigenvalue weighted by atomic mass is 9.91. The normalized spacial score (nSPS) is 13.0. The van der Waals surface area contributed by atoms with Crippen LogP contribution >= 0.6 is 0 Å². The SMILES string of the molecule is [CH2]CCCCCCC(CCC)CCCC. The van der Waals surface area contributed by atoms with E-state index in [0.29, 0.717) is 0 Å². The third-order valence-electron chi connectivity index (χ3n) is 3.28. The molecule has 0 nitrogen and oxygen atoms in total. The first-order valence-corrected chi connectivity index (χ1v) is 7.14. The second kappa shape index (κ2) is 12.1. The third-order valence-corrected chi connectivity index (χ3v) is 3.28. The van der Waals surface area contributed by atoms with Crippen molar-refractivity contribution in [1.29, 1.82) is 0 Å². The van der Waals surface area contributed by atoms with E-state index in [9.17, 15) is 0 Å². The molecule has 0 aromatic heterocycles.